The lowest BCUT2D eigenvalue weighted by Crippen LogP contribution is -2.27. The van der Waals surface area contributed by atoms with Crippen LogP contribution in [0.1, 0.15) is 155 Å². The first-order chi connectivity index (χ1) is 17.3. The van der Waals surface area contributed by atoms with Gasteiger partial charge in [0.25, 0.3) is 0 Å². The Hall–Kier alpha value is 0.460. The lowest BCUT2D eigenvalue weighted by molar-refractivity contribution is -0.247. The lowest BCUT2D eigenvalue weighted by atomic mass is 10.1. The van der Waals surface area contributed by atoms with Crippen molar-refractivity contribution in [2.75, 3.05) is 25.0 Å². The highest BCUT2D eigenvalue weighted by Gasteiger charge is 2.17. The van der Waals surface area contributed by atoms with Gasteiger partial charge in [0, 0.05) is 25.0 Å². The lowest BCUT2D eigenvalue weighted by Gasteiger charge is -2.24. The predicted molar refractivity (Wildman–Crippen MR) is 155 cm³/mol. The quantitative estimate of drug-likeness (QED) is 0.0516. The van der Waals surface area contributed by atoms with Crippen molar-refractivity contribution >= 4 is 23.2 Å². The van der Waals surface area contributed by atoms with Crippen LogP contribution in [0.25, 0.3) is 0 Å². The zero-order chi connectivity index (χ0) is 25.7. The maximum Gasteiger partial charge on any atom is 0.160 e. The Morgan fingerprint density at radius 3 is 0.914 bits per heavy atom. The summed E-state index contributed by atoms with van der Waals surface area (Å²) in [5.41, 5.74) is 0. The van der Waals surface area contributed by atoms with E-state index in [1.54, 1.807) is 0 Å². The standard InChI is InChI=1S/C30H60Cl2O3/c1-3-33-29(25-21-17-13-9-5-7-11-15-19-23-27-31)35-30(34-4-2)26-22-18-14-10-6-8-12-16-20-24-28-32/h29-30H,3-28H2,1-2H3. The fourth-order valence-electron chi connectivity index (χ4n) is 4.56. The van der Waals surface area contributed by atoms with E-state index >= 15 is 0 Å². The molecule has 0 bridgehead atoms. The summed E-state index contributed by atoms with van der Waals surface area (Å²) in [6.45, 7) is 5.49. The van der Waals surface area contributed by atoms with E-state index in [0.717, 1.165) is 24.6 Å². The first kappa shape index (κ1) is 35.5. The molecule has 0 radical (unpaired) electrons. The second-order valence-corrected chi connectivity index (χ2v) is 10.7. The van der Waals surface area contributed by atoms with Gasteiger partial charge in [-0.05, 0) is 52.4 Å². The first-order valence-electron chi connectivity index (χ1n) is 15.3. The number of unbranched alkanes of at least 4 members (excludes halogenated alkanes) is 18. The van der Waals surface area contributed by atoms with Crippen molar-refractivity contribution in [1.82, 2.24) is 0 Å². The van der Waals surface area contributed by atoms with Crippen molar-refractivity contribution in [3.8, 4) is 0 Å². The average molecular weight is 540 g/mol. The van der Waals surface area contributed by atoms with Gasteiger partial charge in [0.2, 0.25) is 0 Å². The molecule has 0 saturated heterocycles. The summed E-state index contributed by atoms with van der Waals surface area (Å²) in [4.78, 5) is 0. The Kier molecular flexibility index (Phi) is 31.1. The highest BCUT2D eigenvalue weighted by atomic mass is 35.5. The number of hydrogen-bond acceptors (Lipinski definition) is 3. The molecule has 2 unspecified atom stereocenters. The third kappa shape index (κ3) is 27.3. The van der Waals surface area contributed by atoms with Crippen LogP contribution in [0.3, 0.4) is 0 Å². The predicted octanol–water partition coefficient (Wildman–Crippen LogP) is 10.8. The van der Waals surface area contributed by atoms with E-state index in [-0.39, 0.29) is 12.6 Å². The number of alkyl halides is 2. The largest absolute Gasteiger partial charge is 0.353 e. The minimum Gasteiger partial charge on any atom is -0.353 e. The van der Waals surface area contributed by atoms with E-state index in [1.165, 1.54) is 128 Å². The molecule has 0 aromatic rings. The highest BCUT2D eigenvalue weighted by molar-refractivity contribution is 6.18. The minimum atomic E-state index is -0.128. The van der Waals surface area contributed by atoms with E-state index in [0.29, 0.717) is 13.2 Å². The number of hydrogen-bond donors (Lipinski definition) is 0. The van der Waals surface area contributed by atoms with Crippen LogP contribution in [0, 0.1) is 0 Å². The van der Waals surface area contributed by atoms with Crippen LogP contribution >= 0.6 is 23.2 Å². The third-order valence-electron chi connectivity index (χ3n) is 6.66. The Balaban J connectivity index is 3.82. The topological polar surface area (TPSA) is 27.7 Å². The molecule has 0 saturated carbocycles. The van der Waals surface area contributed by atoms with Crippen LogP contribution < -0.4 is 0 Å². The molecule has 212 valence electrons. The molecule has 0 amide bonds. The van der Waals surface area contributed by atoms with Crippen LogP contribution in [0.2, 0.25) is 0 Å². The van der Waals surface area contributed by atoms with Gasteiger partial charge in [0.15, 0.2) is 12.6 Å². The summed E-state index contributed by atoms with van der Waals surface area (Å²) in [6.07, 6.45) is 27.8. The van der Waals surface area contributed by atoms with Crippen molar-refractivity contribution in [2.24, 2.45) is 0 Å². The Labute approximate surface area is 229 Å². The number of ether oxygens (including phenoxy) is 3. The average Bonchev–Trinajstić information content (AvgIpc) is 2.86. The van der Waals surface area contributed by atoms with E-state index in [1.807, 2.05) is 0 Å². The maximum absolute atomic E-state index is 6.25. The zero-order valence-electron chi connectivity index (χ0n) is 23.5. The van der Waals surface area contributed by atoms with Gasteiger partial charge in [-0.2, -0.15) is 0 Å². The molecule has 0 aromatic carbocycles. The Morgan fingerprint density at radius 2 is 0.657 bits per heavy atom. The molecular formula is C30H60Cl2O3. The zero-order valence-corrected chi connectivity index (χ0v) is 25.0. The molecule has 5 heteroatoms. The molecular weight excluding hydrogens is 479 g/mol. The summed E-state index contributed by atoms with van der Waals surface area (Å²) in [5, 5.41) is 0. The number of halogens is 2. The van der Waals surface area contributed by atoms with Crippen molar-refractivity contribution in [2.45, 2.75) is 168 Å². The molecule has 35 heavy (non-hydrogen) atoms. The van der Waals surface area contributed by atoms with Gasteiger partial charge in [-0.3, -0.25) is 0 Å². The molecule has 0 aromatic heterocycles. The molecule has 0 aliphatic heterocycles. The minimum absolute atomic E-state index is 0.128. The Bertz CT molecular complexity index is 351. The van der Waals surface area contributed by atoms with Gasteiger partial charge >= 0.3 is 0 Å². The highest BCUT2D eigenvalue weighted by Crippen LogP contribution is 2.18. The summed E-state index contributed by atoms with van der Waals surface area (Å²) in [5.74, 6) is 1.63. The first-order valence-corrected chi connectivity index (χ1v) is 16.4. The van der Waals surface area contributed by atoms with Gasteiger partial charge in [-0.15, -0.1) is 23.2 Å². The smallest absolute Gasteiger partial charge is 0.160 e. The van der Waals surface area contributed by atoms with Gasteiger partial charge in [0.1, 0.15) is 0 Å². The molecule has 3 nitrogen and oxygen atoms in total. The van der Waals surface area contributed by atoms with Crippen LogP contribution in [0.5, 0.6) is 0 Å². The van der Waals surface area contributed by atoms with Crippen molar-refractivity contribution in [3.05, 3.63) is 0 Å². The molecule has 0 N–H and O–H groups in total. The van der Waals surface area contributed by atoms with Crippen LogP contribution in [-0.2, 0) is 14.2 Å². The van der Waals surface area contributed by atoms with Gasteiger partial charge in [-0.1, -0.05) is 103 Å². The second kappa shape index (κ2) is 30.7. The molecule has 0 fully saturated rings. The molecule has 0 rings (SSSR count). The van der Waals surface area contributed by atoms with E-state index in [2.05, 4.69) is 13.8 Å². The van der Waals surface area contributed by atoms with Gasteiger partial charge in [0.05, 0.1) is 0 Å². The van der Waals surface area contributed by atoms with Crippen molar-refractivity contribution < 1.29 is 14.2 Å². The van der Waals surface area contributed by atoms with Crippen molar-refractivity contribution in [3.63, 3.8) is 0 Å². The monoisotopic (exact) mass is 538 g/mol. The normalized spacial score (nSPS) is 13.4. The molecule has 0 aliphatic rings. The van der Waals surface area contributed by atoms with E-state index < -0.39 is 0 Å². The maximum atomic E-state index is 6.25. The van der Waals surface area contributed by atoms with Gasteiger partial charge in [-0.25, -0.2) is 0 Å². The SMILES string of the molecule is CCOC(CCCCCCCCCCCCCl)OC(CCCCCCCCCCCCCl)OCC. The summed E-state index contributed by atoms with van der Waals surface area (Å²) >= 11 is 11.5. The fourth-order valence-corrected chi connectivity index (χ4v) is 4.94. The number of rotatable bonds is 30. The second-order valence-electron chi connectivity index (χ2n) is 9.93. The molecule has 0 heterocycles. The summed E-state index contributed by atoms with van der Waals surface area (Å²) < 4.78 is 18.0. The van der Waals surface area contributed by atoms with Crippen LogP contribution in [0.4, 0.5) is 0 Å². The van der Waals surface area contributed by atoms with Crippen LogP contribution in [-0.4, -0.2) is 37.6 Å². The van der Waals surface area contributed by atoms with Crippen molar-refractivity contribution in [1.29, 1.82) is 0 Å². The third-order valence-corrected chi connectivity index (χ3v) is 7.19. The fraction of sp³-hybridized carbons (Fsp3) is 1.00. The molecule has 0 spiro atoms. The Morgan fingerprint density at radius 1 is 0.400 bits per heavy atom. The van der Waals surface area contributed by atoms with Gasteiger partial charge < -0.3 is 14.2 Å². The summed E-state index contributed by atoms with van der Waals surface area (Å²) in [6, 6.07) is 0. The molecule has 2 atom stereocenters. The van der Waals surface area contributed by atoms with E-state index in [9.17, 15) is 0 Å². The summed E-state index contributed by atoms with van der Waals surface area (Å²) in [7, 11) is 0. The van der Waals surface area contributed by atoms with E-state index in [4.69, 9.17) is 37.4 Å². The van der Waals surface area contributed by atoms with Crippen LogP contribution in [0.15, 0.2) is 0 Å². The molecule has 0 aliphatic carbocycles.